The van der Waals surface area contributed by atoms with Crippen LogP contribution in [0.1, 0.15) is 72.8 Å². The molecule has 0 radical (unpaired) electrons. The van der Waals surface area contributed by atoms with Crippen LogP contribution in [0.5, 0.6) is 0 Å². The third kappa shape index (κ3) is 10.3. The van der Waals surface area contributed by atoms with Gasteiger partial charge in [0.2, 0.25) is 0 Å². The average molecular weight is 581 g/mol. The molecule has 41 heavy (non-hydrogen) atoms. The Balaban J connectivity index is 1.31. The molecule has 0 saturated heterocycles. The molecule has 1 heterocycles. The number of unbranched alkanes of at least 4 members (excludes halogenated alkanes) is 1. The van der Waals surface area contributed by atoms with Gasteiger partial charge in [0.15, 0.2) is 28.4 Å². The fourth-order valence-electron chi connectivity index (χ4n) is 4.51. The van der Waals surface area contributed by atoms with Crippen LogP contribution in [-0.4, -0.2) is 45.6 Å². The number of hydrogen-bond donors (Lipinski definition) is 6. The summed E-state index contributed by atoms with van der Waals surface area (Å²) in [5, 5.41) is 16.4. The lowest BCUT2D eigenvalue weighted by atomic mass is 10.0. The minimum absolute atomic E-state index is 0.0176. The van der Waals surface area contributed by atoms with Gasteiger partial charge in [-0.25, -0.2) is 9.97 Å². The van der Waals surface area contributed by atoms with Gasteiger partial charge in [0.05, 0.1) is 6.10 Å². The number of halogens is 1. The molecule has 1 amide bonds. The topological polar surface area (TPSA) is 178 Å². The number of carbonyl (C=O) groups excluding carboxylic acids is 1. The number of nitrogen functional groups attached to an aromatic ring is 2. The zero-order chi connectivity index (χ0) is 29.8. The molecule has 1 aromatic heterocycles. The summed E-state index contributed by atoms with van der Waals surface area (Å²) in [5.74, 6) is -0.873. The van der Waals surface area contributed by atoms with E-state index in [4.69, 9.17) is 28.8 Å². The molecular weight excluding hydrogens is 540 g/mol. The van der Waals surface area contributed by atoms with Crippen LogP contribution in [0, 0.1) is 0 Å². The Bertz CT molecular complexity index is 1290. The molecule has 0 aliphatic rings. The van der Waals surface area contributed by atoms with Gasteiger partial charge in [-0.15, -0.1) is 0 Å². The Hall–Kier alpha value is -3.73. The van der Waals surface area contributed by atoms with Crippen LogP contribution in [0.4, 0.5) is 11.6 Å². The number of aliphatic hydroxyl groups excluding tert-OH is 1. The van der Waals surface area contributed by atoms with Crippen molar-refractivity contribution < 1.29 is 9.90 Å². The average Bonchev–Trinajstić information content (AvgIpc) is 2.95. The predicted octanol–water partition coefficient (Wildman–Crippen LogP) is 3.78. The number of aromatic nitrogens is 2. The molecule has 3 aromatic rings. The van der Waals surface area contributed by atoms with E-state index in [0.717, 1.165) is 44.1 Å². The van der Waals surface area contributed by atoms with Crippen LogP contribution in [0.15, 0.2) is 59.6 Å². The van der Waals surface area contributed by atoms with Crippen LogP contribution >= 0.6 is 11.6 Å². The standard InChI is InChI=1S/C30H41ClN8O2/c1-19(36-20(2)25(40)23-12-4-3-5-13-23)9-8-11-22-16-14-21(15-17-22)10-6-7-18-35-30(34)39-29(41)24-27(32)38-28(33)26(31)37-24/h3-5,12-17,19-20,25,36,40H,6-11,18H2,1-2H3,(H4,32,33,38)(H3,34,35,39,41)/t19-,20+,25+/m1/s1. The minimum atomic E-state index is -0.652. The Morgan fingerprint density at radius 2 is 1.59 bits per heavy atom. The van der Waals surface area contributed by atoms with Crippen molar-refractivity contribution in [2.45, 2.75) is 70.6 Å². The first kappa shape index (κ1) is 31.8. The zero-order valence-corrected chi connectivity index (χ0v) is 24.4. The number of aliphatic hydroxyl groups is 1. The Morgan fingerprint density at radius 3 is 2.24 bits per heavy atom. The molecule has 0 aliphatic carbocycles. The quantitative estimate of drug-likeness (QED) is 0.0947. The summed E-state index contributed by atoms with van der Waals surface area (Å²) in [6.07, 6.45) is 5.28. The van der Waals surface area contributed by atoms with Crippen LogP contribution in [0.2, 0.25) is 5.15 Å². The smallest absolute Gasteiger partial charge is 0.280 e. The Morgan fingerprint density at radius 1 is 0.951 bits per heavy atom. The van der Waals surface area contributed by atoms with Gasteiger partial charge in [-0.05, 0) is 69.1 Å². The number of nitrogens with zero attached hydrogens (tertiary/aromatic N) is 3. The Kier molecular flexibility index (Phi) is 12.3. The normalized spacial score (nSPS) is 13.9. The van der Waals surface area contributed by atoms with Crippen molar-refractivity contribution in [3.63, 3.8) is 0 Å². The third-order valence-electron chi connectivity index (χ3n) is 6.80. The molecule has 10 nitrogen and oxygen atoms in total. The second kappa shape index (κ2) is 15.9. The minimum Gasteiger partial charge on any atom is -0.387 e. The van der Waals surface area contributed by atoms with E-state index in [1.54, 1.807) is 0 Å². The van der Waals surface area contributed by atoms with Gasteiger partial charge >= 0.3 is 0 Å². The van der Waals surface area contributed by atoms with Gasteiger partial charge in [-0.1, -0.05) is 66.2 Å². The molecular formula is C30H41ClN8O2. The summed E-state index contributed by atoms with van der Waals surface area (Å²) < 4.78 is 0. The molecule has 3 atom stereocenters. The number of aryl methyl sites for hydroxylation is 2. The second-order valence-corrected chi connectivity index (χ2v) is 10.6. The number of rotatable bonds is 14. The number of nitrogens with two attached hydrogens (primary N) is 3. The summed E-state index contributed by atoms with van der Waals surface area (Å²) in [6.45, 7) is 4.67. The van der Waals surface area contributed by atoms with Crippen LogP contribution in [0.25, 0.3) is 0 Å². The molecule has 0 saturated carbocycles. The van der Waals surface area contributed by atoms with E-state index in [-0.39, 0.29) is 34.5 Å². The van der Waals surface area contributed by atoms with E-state index in [1.165, 1.54) is 11.1 Å². The first-order valence-corrected chi connectivity index (χ1v) is 14.3. The first-order valence-electron chi connectivity index (χ1n) is 13.9. The molecule has 11 heteroatoms. The molecule has 2 aromatic carbocycles. The molecule has 0 unspecified atom stereocenters. The largest absolute Gasteiger partial charge is 0.387 e. The number of guanidine groups is 1. The molecule has 3 rings (SSSR count). The number of carbonyl (C=O) groups is 1. The Labute approximate surface area is 246 Å². The third-order valence-corrected chi connectivity index (χ3v) is 7.08. The number of hydrogen-bond acceptors (Lipinski definition) is 8. The molecule has 220 valence electrons. The van der Waals surface area contributed by atoms with E-state index in [0.29, 0.717) is 12.6 Å². The van der Waals surface area contributed by atoms with Crippen molar-refractivity contribution in [1.29, 1.82) is 0 Å². The van der Waals surface area contributed by atoms with Crippen LogP contribution in [0.3, 0.4) is 0 Å². The van der Waals surface area contributed by atoms with Gasteiger partial charge < -0.3 is 27.6 Å². The van der Waals surface area contributed by atoms with Crippen LogP contribution < -0.4 is 27.8 Å². The molecule has 0 spiro atoms. The van der Waals surface area contributed by atoms with E-state index < -0.39 is 12.0 Å². The first-order chi connectivity index (χ1) is 19.6. The van der Waals surface area contributed by atoms with Gasteiger partial charge in [0.1, 0.15) is 0 Å². The summed E-state index contributed by atoms with van der Waals surface area (Å²) in [4.78, 5) is 24.1. The van der Waals surface area contributed by atoms with Crippen molar-refractivity contribution in [3.8, 4) is 0 Å². The van der Waals surface area contributed by atoms with Crippen molar-refractivity contribution in [2.24, 2.45) is 10.7 Å². The molecule has 0 aliphatic heterocycles. The van der Waals surface area contributed by atoms with Gasteiger partial charge in [-0.3, -0.25) is 15.1 Å². The van der Waals surface area contributed by atoms with E-state index >= 15 is 0 Å². The summed E-state index contributed by atoms with van der Waals surface area (Å²) in [6, 6.07) is 18.8. The highest BCUT2D eigenvalue weighted by Gasteiger charge is 2.18. The number of benzene rings is 2. The zero-order valence-electron chi connectivity index (χ0n) is 23.7. The highest BCUT2D eigenvalue weighted by molar-refractivity contribution is 6.31. The number of amides is 1. The maximum Gasteiger partial charge on any atom is 0.280 e. The van der Waals surface area contributed by atoms with Crippen LogP contribution in [-0.2, 0) is 12.8 Å². The maximum atomic E-state index is 12.3. The van der Waals surface area contributed by atoms with Crippen molar-refractivity contribution in [2.75, 3.05) is 18.0 Å². The fraction of sp³-hybridized carbons (Fsp3) is 0.400. The van der Waals surface area contributed by atoms with E-state index in [1.807, 2.05) is 37.3 Å². The lowest BCUT2D eigenvalue weighted by Gasteiger charge is -2.24. The molecule has 0 fully saturated rings. The summed E-state index contributed by atoms with van der Waals surface area (Å²) in [7, 11) is 0. The summed E-state index contributed by atoms with van der Waals surface area (Å²) in [5.41, 5.74) is 20.4. The SMILES string of the molecule is C[C@H](CCCc1ccc(CCCCN=C(N)NC(=O)c2nc(Cl)c(N)nc2N)cc1)N[C@@H](C)[C@H](O)c1ccccc1. The maximum absolute atomic E-state index is 12.3. The monoisotopic (exact) mass is 580 g/mol. The number of aliphatic imine (C=N–C) groups is 1. The van der Waals surface area contributed by atoms with Gasteiger partial charge in [0, 0.05) is 18.6 Å². The highest BCUT2D eigenvalue weighted by atomic mass is 35.5. The molecule has 9 N–H and O–H groups in total. The molecule has 0 bridgehead atoms. The number of anilines is 2. The predicted molar refractivity (Wildman–Crippen MR) is 166 cm³/mol. The number of nitrogens with one attached hydrogen (secondary N) is 2. The van der Waals surface area contributed by atoms with Crippen molar-refractivity contribution >= 4 is 35.1 Å². The second-order valence-electron chi connectivity index (χ2n) is 10.2. The lowest BCUT2D eigenvalue weighted by molar-refractivity contribution is 0.0972. The van der Waals surface area contributed by atoms with E-state index in [9.17, 15) is 9.90 Å². The van der Waals surface area contributed by atoms with Crippen molar-refractivity contribution in [1.82, 2.24) is 20.6 Å². The fourth-order valence-corrected chi connectivity index (χ4v) is 4.64. The summed E-state index contributed by atoms with van der Waals surface area (Å²) >= 11 is 5.81. The van der Waals surface area contributed by atoms with Crippen molar-refractivity contribution in [3.05, 3.63) is 82.1 Å². The van der Waals surface area contributed by atoms with Gasteiger partial charge in [-0.2, -0.15) is 0 Å². The highest BCUT2D eigenvalue weighted by Crippen LogP contribution is 2.18. The van der Waals surface area contributed by atoms with Gasteiger partial charge in [0.25, 0.3) is 5.91 Å². The lowest BCUT2D eigenvalue weighted by Crippen LogP contribution is -2.38. The van der Waals surface area contributed by atoms with E-state index in [2.05, 4.69) is 56.8 Å².